The molecule has 0 spiro atoms. The van der Waals surface area contributed by atoms with Crippen LogP contribution in [0.25, 0.3) is 0 Å². The first-order valence-corrected chi connectivity index (χ1v) is 12.3. The summed E-state index contributed by atoms with van der Waals surface area (Å²) in [5.41, 5.74) is 0. The highest BCUT2D eigenvalue weighted by Crippen LogP contribution is 2.34. The van der Waals surface area contributed by atoms with Crippen LogP contribution in [0.2, 0.25) is 0 Å². The quantitative estimate of drug-likeness (QED) is 0.196. The fourth-order valence-corrected chi connectivity index (χ4v) is 3.84. The van der Waals surface area contributed by atoms with Crippen molar-refractivity contribution in [3.05, 3.63) is 0 Å². The Hall–Kier alpha value is -0.0400. The van der Waals surface area contributed by atoms with E-state index >= 15 is 0 Å². The van der Waals surface area contributed by atoms with Crippen LogP contribution in [0.15, 0.2) is 0 Å². The summed E-state index contributed by atoms with van der Waals surface area (Å²) < 4.78 is 5.68. The van der Waals surface area contributed by atoms with Crippen LogP contribution in [0.4, 0.5) is 0 Å². The molecule has 26 heavy (non-hydrogen) atoms. The largest absolute Gasteiger partial charge is 0.381 e. The van der Waals surface area contributed by atoms with Crippen LogP contribution in [0.3, 0.4) is 0 Å². The Labute approximate surface area is 166 Å². The van der Waals surface area contributed by atoms with E-state index in [0.717, 1.165) is 31.0 Å². The topological polar surface area (TPSA) is 9.23 Å². The predicted octanol–water partition coefficient (Wildman–Crippen LogP) is 8.56. The molecule has 0 aliphatic heterocycles. The molecule has 0 amide bonds. The van der Waals surface area contributed by atoms with Gasteiger partial charge in [0.1, 0.15) is 0 Å². The van der Waals surface area contributed by atoms with E-state index in [1.807, 2.05) is 0 Å². The molecule has 0 radical (unpaired) electrons. The van der Waals surface area contributed by atoms with Crippen molar-refractivity contribution < 1.29 is 4.74 Å². The van der Waals surface area contributed by atoms with Gasteiger partial charge in [-0.1, -0.05) is 117 Å². The molecule has 1 saturated carbocycles. The van der Waals surface area contributed by atoms with Crippen molar-refractivity contribution >= 4 is 0 Å². The molecular weight excluding hydrogens is 316 g/mol. The van der Waals surface area contributed by atoms with Gasteiger partial charge in [0.15, 0.2) is 0 Å². The summed E-state index contributed by atoms with van der Waals surface area (Å²) in [5, 5.41) is 0. The van der Waals surface area contributed by atoms with Gasteiger partial charge in [0.25, 0.3) is 0 Å². The van der Waals surface area contributed by atoms with Gasteiger partial charge in [-0.25, -0.2) is 0 Å². The van der Waals surface area contributed by atoms with Crippen LogP contribution in [0.5, 0.6) is 0 Å². The minimum atomic E-state index is 0.773. The zero-order valence-corrected chi connectivity index (χ0v) is 18.6. The average Bonchev–Trinajstić information content (AvgIpc) is 3.42. The molecule has 0 aromatic carbocycles. The highest BCUT2D eigenvalue weighted by Gasteiger charge is 2.20. The normalized spacial score (nSPS) is 15.7. The molecular formula is C25H50O. The maximum atomic E-state index is 5.68. The van der Waals surface area contributed by atoms with Gasteiger partial charge < -0.3 is 4.74 Å². The second-order valence-electron chi connectivity index (χ2n) is 9.60. The fourth-order valence-electron chi connectivity index (χ4n) is 3.84. The Morgan fingerprint density at radius 1 is 0.615 bits per heavy atom. The molecule has 156 valence electrons. The zero-order valence-electron chi connectivity index (χ0n) is 18.6. The smallest absolute Gasteiger partial charge is 0.0468 e. The molecule has 0 aromatic heterocycles. The summed E-state index contributed by atoms with van der Waals surface area (Å²) in [6.07, 6.45) is 24.5. The average molecular weight is 367 g/mol. The minimum absolute atomic E-state index is 0.773. The highest BCUT2D eigenvalue weighted by atomic mass is 16.5. The maximum absolute atomic E-state index is 5.68. The summed E-state index contributed by atoms with van der Waals surface area (Å²) >= 11 is 0. The molecule has 1 rings (SSSR count). The molecule has 0 heterocycles. The van der Waals surface area contributed by atoms with Crippen LogP contribution < -0.4 is 0 Å². The SMILES string of the molecule is CC(C)CCOCCCCCCCCCCCCC(C)CCCC1CC1. The van der Waals surface area contributed by atoms with E-state index in [2.05, 4.69) is 20.8 Å². The van der Waals surface area contributed by atoms with Crippen molar-refractivity contribution in [2.75, 3.05) is 13.2 Å². The Bertz CT molecular complexity index is 282. The van der Waals surface area contributed by atoms with Crippen molar-refractivity contribution in [2.45, 2.75) is 130 Å². The molecule has 1 atom stereocenters. The lowest BCUT2D eigenvalue weighted by molar-refractivity contribution is 0.119. The molecule has 0 saturated heterocycles. The van der Waals surface area contributed by atoms with Gasteiger partial charge in [-0.15, -0.1) is 0 Å². The van der Waals surface area contributed by atoms with E-state index < -0.39 is 0 Å². The van der Waals surface area contributed by atoms with Crippen LogP contribution in [-0.2, 0) is 4.74 Å². The third-order valence-electron chi connectivity index (χ3n) is 6.08. The fraction of sp³-hybridized carbons (Fsp3) is 1.00. The van der Waals surface area contributed by atoms with Crippen molar-refractivity contribution in [1.82, 2.24) is 0 Å². The van der Waals surface area contributed by atoms with Gasteiger partial charge in [-0.2, -0.15) is 0 Å². The number of hydrogen-bond acceptors (Lipinski definition) is 1. The standard InChI is InChI=1S/C25H50O/c1-23(2)20-22-26-21-13-11-9-7-5-4-6-8-10-12-15-24(3)16-14-17-25-18-19-25/h23-25H,4-22H2,1-3H3. The summed E-state index contributed by atoms with van der Waals surface area (Å²) in [7, 11) is 0. The third kappa shape index (κ3) is 17.4. The van der Waals surface area contributed by atoms with Crippen LogP contribution in [-0.4, -0.2) is 13.2 Å². The van der Waals surface area contributed by atoms with Gasteiger partial charge in [0, 0.05) is 13.2 Å². The summed E-state index contributed by atoms with van der Waals surface area (Å²) in [4.78, 5) is 0. The van der Waals surface area contributed by atoms with Crippen LogP contribution in [0, 0.1) is 17.8 Å². The number of ether oxygens (including phenoxy) is 1. The monoisotopic (exact) mass is 366 g/mol. The van der Waals surface area contributed by atoms with Crippen molar-refractivity contribution in [2.24, 2.45) is 17.8 Å². The first-order valence-electron chi connectivity index (χ1n) is 12.3. The van der Waals surface area contributed by atoms with E-state index in [9.17, 15) is 0 Å². The summed E-state index contributed by atoms with van der Waals surface area (Å²) in [6, 6.07) is 0. The molecule has 0 N–H and O–H groups in total. The maximum Gasteiger partial charge on any atom is 0.0468 e. The first-order chi connectivity index (χ1) is 12.7. The van der Waals surface area contributed by atoms with Gasteiger partial charge in [0.2, 0.25) is 0 Å². The molecule has 0 aromatic rings. The zero-order chi connectivity index (χ0) is 18.9. The van der Waals surface area contributed by atoms with Crippen molar-refractivity contribution in [1.29, 1.82) is 0 Å². The Balaban J connectivity index is 1.66. The van der Waals surface area contributed by atoms with Crippen molar-refractivity contribution in [3.8, 4) is 0 Å². The highest BCUT2D eigenvalue weighted by molar-refractivity contribution is 4.73. The second-order valence-corrected chi connectivity index (χ2v) is 9.60. The van der Waals surface area contributed by atoms with E-state index in [1.54, 1.807) is 0 Å². The lowest BCUT2D eigenvalue weighted by Crippen LogP contribution is -2.00. The Kier molecular flexibility index (Phi) is 15.8. The van der Waals surface area contributed by atoms with E-state index in [1.165, 1.54) is 109 Å². The number of hydrogen-bond donors (Lipinski definition) is 0. The molecule has 1 aliphatic carbocycles. The van der Waals surface area contributed by atoms with Gasteiger partial charge >= 0.3 is 0 Å². The molecule has 1 unspecified atom stereocenters. The number of unbranched alkanes of at least 4 members (excludes halogenated alkanes) is 9. The van der Waals surface area contributed by atoms with Crippen LogP contribution >= 0.6 is 0 Å². The molecule has 1 fully saturated rings. The van der Waals surface area contributed by atoms with E-state index in [0.29, 0.717) is 0 Å². The van der Waals surface area contributed by atoms with Gasteiger partial charge in [-0.3, -0.25) is 0 Å². The lowest BCUT2D eigenvalue weighted by Gasteiger charge is -2.10. The predicted molar refractivity (Wildman–Crippen MR) is 117 cm³/mol. The summed E-state index contributed by atoms with van der Waals surface area (Å²) in [6.45, 7) is 8.94. The van der Waals surface area contributed by atoms with Gasteiger partial charge in [-0.05, 0) is 30.6 Å². The minimum Gasteiger partial charge on any atom is -0.381 e. The van der Waals surface area contributed by atoms with E-state index in [-0.39, 0.29) is 0 Å². The third-order valence-corrected chi connectivity index (χ3v) is 6.08. The molecule has 1 heteroatoms. The molecule has 0 bridgehead atoms. The van der Waals surface area contributed by atoms with Gasteiger partial charge in [0.05, 0.1) is 0 Å². The first kappa shape index (κ1) is 24.0. The Morgan fingerprint density at radius 3 is 1.73 bits per heavy atom. The summed E-state index contributed by atoms with van der Waals surface area (Å²) in [5.74, 6) is 2.88. The molecule has 1 aliphatic rings. The van der Waals surface area contributed by atoms with Crippen LogP contribution in [0.1, 0.15) is 130 Å². The number of rotatable bonds is 20. The molecule has 1 nitrogen and oxygen atoms in total. The van der Waals surface area contributed by atoms with E-state index in [4.69, 9.17) is 4.74 Å². The lowest BCUT2D eigenvalue weighted by atomic mass is 9.96. The Morgan fingerprint density at radius 2 is 1.15 bits per heavy atom. The second kappa shape index (κ2) is 17.1. The van der Waals surface area contributed by atoms with Crippen molar-refractivity contribution in [3.63, 3.8) is 0 Å².